The normalized spacial score (nSPS) is 14.0. The van der Waals surface area contributed by atoms with Crippen molar-refractivity contribution >= 4 is 0 Å². The number of aromatic amines is 1. The van der Waals surface area contributed by atoms with Crippen molar-refractivity contribution < 1.29 is 14.0 Å². The van der Waals surface area contributed by atoms with E-state index in [1.54, 1.807) is 19.4 Å². The minimum Gasteiger partial charge on any atom is -0.497 e. The number of nitrogens with zero attached hydrogens (tertiary/aromatic N) is 2. The maximum atomic E-state index is 12.0. The molecule has 1 N–H and O–H groups in total. The van der Waals surface area contributed by atoms with Crippen LogP contribution in [0.2, 0.25) is 0 Å². The fourth-order valence-corrected chi connectivity index (χ4v) is 3.39. The smallest absolute Gasteiger partial charge is 0.223 e. The van der Waals surface area contributed by atoms with Gasteiger partial charge in [0.25, 0.3) is 0 Å². The highest BCUT2D eigenvalue weighted by molar-refractivity contribution is 5.65. The first kappa shape index (κ1) is 17.4. The van der Waals surface area contributed by atoms with E-state index in [2.05, 4.69) is 15.0 Å². The first-order chi connectivity index (χ1) is 13.2. The van der Waals surface area contributed by atoms with Gasteiger partial charge in [-0.25, -0.2) is 0 Å². The van der Waals surface area contributed by atoms with E-state index in [0.29, 0.717) is 18.8 Å². The van der Waals surface area contributed by atoms with Crippen LogP contribution in [0.1, 0.15) is 17.0 Å². The Labute approximate surface area is 156 Å². The molecule has 4 rings (SSSR count). The molecule has 7 heteroatoms. The van der Waals surface area contributed by atoms with Crippen LogP contribution in [0.4, 0.5) is 0 Å². The topological polar surface area (TPSA) is 80.6 Å². The molecule has 140 valence electrons. The Bertz CT molecular complexity index is 1010. The molecule has 3 heterocycles. The van der Waals surface area contributed by atoms with Gasteiger partial charge in [-0.05, 0) is 12.1 Å². The Morgan fingerprint density at radius 2 is 2.15 bits per heavy atom. The van der Waals surface area contributed by atoms with Crippen molar-refractivity contribution in [1.82, 2.24) is 15.0 Å². The number of H-pyrrole nitrogens is 1. The van der Waals surface area contributed by atoms with Crippen LogP contribution in [0.3, 0.4) is 0 Å². The summed E-state index contributed by atoms with van der Waals surface area (Å²) in [4.78, 5) is 17.4. The van der Waals surface area contributed by atoms with Crippen molar-refractivity contribution in [1.29, 1.82) is 0 Å². The van der Waals surface area contributed by atoms with Crippen LogP contribution in [0.25, 0.3) is 11.3 Å². The zero-order valence-electron chi connectivity index (χ0n) is 15.3. The predicted molar refractivity (Wildman–Crippen MR) is 99.9 cm³/mol. The third kappa shape index (κ3) is 3.46. The summed E-state index contributed by atoms with van der Waals surface area (Å²) in [5, 5.41) is 4.29. The zero-order valence-corrected chi connectivity index (χ0v) is 15.3. The van der Waals surface area contributed by atoms with Gasteiger partial charge < -0.3 is 19.0 Å². The van der Waals surface area contributed by atoms with E-state index in [1.807, 2.05) is 24.3 Å². The van der Waals surface area contributed by atoms with Gasteiger partial charge in [0.2, 0.25) is 5.43 Å². The van der Waals surface area contributed by atoms with Crippen LogP contribution in [-0.4, -0.2) is 35.8 Å². The van der Waals surface area contributed by atoms with Crippen molar-refractivity contribution in [2.45, 2.75) is 19.5 Å². The number of benzene rings is 1. The standard InChI is InChI=1S/C20H21N3O4/c1-25-15-5-3-4-13(8-15)20-16-12-23(7-6-18(16)27-22-20)11-14-9-17(24)19(26-2)10-21-14/h3-5,8-10H,6-7,11-12H2,1-2H3,(H,21,24). The van der Waals surface area contributed by atoms with Crippen LogP contribution in [0.15, 0.2) is 45.8 Å². The quantitative estimate of drug-likeness (QED) is 0.747. The maximum Gasteiger partial charge on any atom is 0.223 e. The molecule has 2 aromatic heterocycles. The fraction of sp³-hybridized carbons (Fsp3) is 0.300. The van der Waals surface area contributed by atoms with E-state index >= 15 is 0 Å². The molecule has 1 aromatic carbocycles. The average molecular weight is 367 g/mol. The third-order valence-corrected chi connectivity index (χ3v) is 4.80. The van der Waals surface area contributed by atoms with Gasteiger partial charge in [0.15, 0.2) is 5.75 Å². The summed E-state index contributed by atoms with van der Waals surface area (Å²) in [6.07, 6.45) is 2.39. The second-order valence-electron chi connectivity index (χ2n) is 6.52. The number of aromatic nitrogens is 2. The first-order valence-corrected chi connectivity index (χ1v) is 8.77. The minimum absolute atomic E-state index is 0.119. The second-order valence-corrected chi connectivity index (χ2v) is 6.52. The molecular formula is C20H21N3O4. The Balaban J connectivity index is 1.57. The Morgan fingerprint density at radius 1 is 1.26 bits per heavy atom. The molecule has 0 spiro atoms. The molecule has 27 heavy (non-hydrogen) atoms. The molecular weight excluding hydrogens is 346 g/mol. The van der Waals surface area contributed by atoms with Gasteiger partial charge in [0, 0.05) is 55.1 Å². The van der Waals surface area contributed by atoms with Crippen molar-refractivity contribution in [3.8, 4) is 22.8 Å². The highest BCUT2D eigenvalue weighted by Crippen LogP contribution is 2.31. The summed E-state index contributed by atoms with van der Waals surface area (Å²) >= 11 is 0. The van der Waals surface area contributed by atoms with Gasteiger partial charge in [-0.2, -0.15) is 0 Å². The van der Waals surface area contributed by atoms with Crippen LogP contribution in [0, 0.1) is 0 Å². The SMILES string of the molecule is COc1cccc(-c2noc3c2CN(Cc2cc(=O)c(OC)c[nH]2)CC3)c1. The van der Waals surface area contributed by atoms with Gasteiger partial charge in [0.1, 0.15) is 17.2 Å². The lowest BCUT2D eigenvalue weighted by Crippen LogP contribution is -2.30. The average Bonchev–Trinajstić information content (AvgIpc) is 3.11. The van der Waals surface area contributed by atoms with E-state index in [0.717, 1.165) is 47.0 Å². The molecule has 0 bridgehead atoms. The Morgan fingerprint density at radius 3 is 2.93 bits per heavy atom. The molecule has 1 aliphatic heterocycles. The monoisotopic (exact) mass is 367 g/mol. The molecule has 0 saturated heterocycles. The molecule has 0 saturated carbocycles. The lowest BCUT2D eigenvalue weighted by Gasteiger charge is -2.26. The van der Waals surface area contributed by atoms with Crippen molar-refractivity contribution in [3.63, 3.8) is 0 Å². The molecule has 0 unspecified atom stereocenters. The lowest BCUT2D eigenvalue weighted by molar-refractivity contribution is 0.226. The number of fused-ring (bicyclic) bond motifs is 1. The van der Waals surface area contributed by atoms with Gasteiger partial charge in [-0.15, -0.1) is 0 Å². The molecule has 0 atom stereocenters. The number of nitrogens with one attached hydrogen (secondary N) is 1. The fourth-order valence-electron chi connectivity index (χ4n) is 3.39. The lowest BCUT2D eigenvalue weighted by atomic mass is 10.0. The summed E-state index contributed by atoms with van der Waals surface area (Å²) in [5.41, 5.74) is 3.64. The summed E-state index contributed by atoms with van der Waals surface area (Å²) in [7, 11) is 3.14. The van der Waals surface area contributed by atoms with Crippen LogP contribution < -0.4 is 14.9 Å². The van der Waals surface area contributed by atoms with E-state index in [1.165, 1.54) is 7.11 Å². The molecule has 0 fully saturated rings. The van der Waals surface area contributed by atoms with Gasteiger partial charge in [-0.3, -0.25) is 9.69 Å². The van der Waals surface area contributed by atoms with Crippen LogP contribution in [0.5, 0.6) is 11.5 Å². The summed E-state index contributed by atoms with van der Waals surface area (Å²) < 4.78 is 15.9. The number of hydrogen-bond donors (Lipinski definition) is 1. The number of hydrogen-bond acceptors (Lipinski definition) is 6. The molecule has 7 nitrogen and oxygen atoms in total. The predicted octanol–water partition coefficient (Wildman–Crippen LogP) is 2.61. The summed E-state index contributed by atoms with van der Waals surface area (Å²) in [5.74, 6) is 2.03. The van der Waals surface area contributed by atoms with Crippen molar-refractivity contribution in [2.75, 3.05) is 20.8 Å². The molecule has 1 aliphatic rings. The van der Waals surface area contributed by atoms with Crippen molar-refractivity contribution in [3.05, 3.63) is 63.8 Å². The number of pyridine rings is 1. The van der Waals surface area contributed by atoms with E-state index < -0.39 is 0 Å². The molecule has 0 radical (unpaired) electrons. The third-order valence-electron chi connectivity index (χ3n) is 4.80. The number of methoxy groups -OCH3 is 2. The Kier molecular flexibility index (Phi) is 4.68. The van der Waals surface area contributed by atoms with Gasteiger partial charge in [0.05, 0.1) is 14.2 Å². The van der Waals surface area contributed by atoms with Crippen LogP contribution >= 0.6 is 0 Å². The van der Waals surface area contributed by atoms with Crippen LogP contribution in [-0.2, 0) is 19.5 Å². The number of rotatable bonds is 5. The first-order valence-electron chi connectivity index (χ1n) is 8.77. The van der Waals surface area contributed by atoms with E-state index in [4.69, 9.17) is 14.0 Å². The van der Waals surface area contributed by atoms with E-state index in [-0.39, 0.29) is 5.43 Å². The molecule has 0 aliphatic carbocycles. The zero-order chi connectivity index (χ0) is 18.8. The largest absolute Gasteiger partial charge is 0.497 e. The molecule has 0 amide bonds. The maximum absolute atomic E-state index is 12.0. The van der Waals surface area contributed by atoms with Crippen molar-refractivity contribution in [2.24, 2.45) is 0 Å². The van der Waals surface area contributed by atoms with E-state index in [9.17, 15) is 4.79 Å². The highest BCUT2D eigenvalue weighted by Gasteiger charge is 2.25. The summed E-state index contributed by atoms with van der Waals surface area (Å²) in [6, 6.07) is 9.39. The Hall–Kier alpha value is -3.06. The highest BCUT2D eigenvalue weighted by atomic mass is 16.5. The molecule has 3 aromatic rings. The minimum atomic E-state index is -0.119. The number of ether oxygens (including phenoxy) is 2. The van der Waals surface area contributed by atoms with Gasteiger partial charge >= 0.3 is 0 Å². The van der Waals surface area contributed by atoms with Gasteiger partial charge in [-0.1, -0.05) is 17.3 Å². The summed E-state index contributed by atoms with van der Waals surface area (Å²) in [6.45, 7) is 2.19. The second kappa shape index (κ2) is 7.28.